The van der Waals surface area contributed by atoms with E-state index in [1.165, 1.54) is 21.7 Å². The zero-order chi connectivity index (χ0) is 11.9. The fourth-order valence-corrected chi connectivity index (χ4v) is 3.20. The summed E-state index contributed by atoms with van der Waals surface area (Å²) in [6, 6.07) is 6.50. The molecule has 82 valence electrons. The predicted molar refractivity (Wildman–Crippen MR) is 68.5 cm³/mol. The van der Waals surface area contributed by atoms with E-state index in [0.29, 0.717) is 0 Å². The fourth-order valence-electron chi connectivity index (χ4n) is 1.96. The molecule has 0 fully saturated rings. The third kappa shape index (κ3) is 1.50. The van der Waals surface area contributed by atoms with E-state index in [9.17, 15) is 0 Å². The number of nitrogens with zero attached hydrogens (tertiary/aromatic N) is 2. The van der Waals surface area contributed by atoms with E-state index in [1.54, 1.807) is 11.8 Å². The normalized spacial score (nSPS) is 17.1. The van der Waals surface area contributed by atoms with Crippen LogP contribution in [0.15, 0.2) is 27.6 Å². The lowest BCUT2D eigenvalue weighted by atomic mass is 10.1. The Bertz CT molecular complexity index is 523. The molecule has 0 aliphatic carbocycles. The first kappa shape index (κ1) is 11.1. The quantitative estimate of drug-likeness (QED) is 0.637. The van der Waals surface area contributed by atoms with Gasteiger partial charge in [0.1, 0.15) is 0 Å². The maximum Gasteiger partial charge on any atom is 0.0971 e. The van der Waals surface area contributed by atoms with E-state index >= 15 is 0 Å². The van der Waals surface area contributed by atoms with Gasteiger partial charge >= 0.3 is 0 Å². The molecule has 0 N–H and O–H groups in total. The van der Waals surface area contributed by atoms with Crippen molar-refractivity contribution in [1.82, 2.24) is 0 Å². The molecule has 0 bridgehead atoms. The molecule has 1 aliphatic heterocycles. The van der Waals surface area contributed by atoms with E-state index in [4.69, 9.17) is 5.26 Å². The molecule has 0 unspecified atom stereocenters. The van der Waals surface area contributed by atoms with Crippen LogP contribution in [0.5, 0.6) is 0 Å². The molecule has 0 spiro atoms. The summed E-state index contributed by atoms with van der Waals surface area (Å²) in [5, 5.41) is 10.0. The Labute approximate surface area is 101 Å². The van der Waals surface area contributed by atoms with Crippen molar-refractivity contribution in [3.05, 3.63) is 33.9 Å². The molecule has 0 radical (unpaired) electrons. The largest absolute Gasteiger partial charge is 0.337 e. The Morgan fingerprint density at radius 3 is 2.50 bits per heavy atom. The summed E-state index contributed by atoms with van der Waals surface area (Å²) in [6.07, 6.45) is 0. The number of aryl methyl sites for hydroxylation is 2. The summed E-state index contributed by atoms with van der Waals surface area (Å²) in [6.45, 7) is 6.10. The minimum absolute atomic E-state index is 0.780. The number of nitriles is 1. The first-order valence-electron chi connectivity index (χ1n) is 5.19. The lowest BCUT2D eigenvalue weighted by Crippen LogP contribution is -2.12. The van der Waals surface area contributed by atoms with E-state index in [-0.39, 0.29) is 0 Å². The van der Waals surface area contributed by atoms with Crippen LogP contribution >= 0.6 is 11.8 Å². The van der Waals surface area contributed by atoms with Crippen LogP contribution in [0.1, 0.15) is 18.1 Å². The van der Waals surface area contributed by atoms with Crippen LogP contribution in [-0.4, -0.2) is 7.05 Å². The van der Waals surface area contributed by atoms with E-state index < -0.39 is 0 Å². The highest BCUT2D eigenvalue weighted by atomic mass is 32.2. The molecule has 1 aromatic carbocycles. The Kier molecular flexibility index (Phi) is 2.69. The van der Waals surface area contributed by atoms with Crippen LogP contribution in [0.25, 0.3) is 0 Å². The van der Waals surface area contributed by atoms with Gasteiger partial charge in [0, 0.05) is 11.9 Å². The maximum absolute atomic E-state index is 8.98. The van der Waals surface area contributed by atoms with Crippen LogP contribution in [-0.2, 0) is 0 Å². The number of hydrogen-bond donors (Lipinski definition) is 0. The summed E-state index contributed by atoms with van der Waals surface area (Å²) in [5.41, 5.74) is 4.56. The minimum atomic E-state index is 0.780. The lowest BCUT2D eigenvalue weighted by Gasteiger charge is -2.16. The molecule has 1 heterocycles. The Morgan fingerprint density at radius 1 is 1.31 bits per heavy atom. The second-order valence-electron chi connectivity index (χ2n) is 4.08. The van der Waals surface area contributed by atoms with Crippen molar-refractivity contribution >= 4 is 17.4 Å². The average molecular weight is 230 g/mol. The van der Waals surface area contributed by atoms with E-state index in [2.05, 4.69) is 36.9 Å². The number of anilines is 1. The molecule has 0 atom stereocenters. The second kappa shape index (κ2) is 3.88. The van der Waals surface area contributed by atoms with Crippen LogP contribution in [0, 0.1) is 25.2 Å². The number of hydrogen-bond acceptors (Lipinski definition) is 3. The van der Waals surface area contributed by atoms with Gasteiger partial charge in [-0.3, -0.25) is 0 Å². The van der Waals surface area contributed by atoms with Gasteiger partial charge in [-0.15, -0.1) is 0 Å². The second-order valence-corrected chi connectivity index (χ2v) is 5.08. The van der Waals surface area contributed by atoms with Crippen molar-refractivity contribution in [2.75, 3.05) is 11.9 Å². The third-order valence-corrected chi connectivity index (χ3v) is 4.35. The number of fused-ring (bicyclic) bond motifs is 1. The highest BCUT2D eigenvalue weighted by molar-refractivity contribution is 8.03. The molecule has 0 saturated heterocycles. The van der Waals surface area contributed by atoms with Gasteiger partial charge < -0.3 is 4.90 Å². The van der Waals surface area contributed by atoms with Gasteiger partial charge in [-0.1, -0.05) is 23.9 Å². The summed E-state index contributed by atoms with van der Waals surface area (Å²) in [5.74, 6) is 0. The standard InChI is InChI=1S/C13H14N2S/c1-8-5-6-9(2)12-11(8)15(4)13(16-12)10(3)7-14/h5-6H,1-4H3/b13-10+. The molecular weight excluding hydrogens is 216 g/mol. The molecule has 16 heavy (non-hydrogen) atoms. The third-order valence-electron chi connectivity index (χ3n) is 2.86. The van der Waals surface area contributed by atoms with E-state index in [1.807, 2.05) is 14.0 Å². The van der Waals surface area contributed by atoms with Crippen molar-refractivity contribution < 1.29 is 0 Å². The Hall–Kier alpha value is -1.40. The van der Waals surface area contributed by atoms with Crippen molar-refractivity contribution in [2.24, 2.45) is 0 Å². The number of benzene rings is 1. The molecule has 3 heteroatoms. The van der Waals surface area contributed by atoms with Gasteiger partial charge in [0.25, 0.3) is 0 Å². The topological polar surface area (TPSA) is 27.0 Å². The zero-order valence-electron chi connectivity index (χ0n) is 9.96. The predicted octanol–water partition coefficient (Wildman–Crippen LogP) is 3.60. The molecule has 2 rings (SSSR count). The molecule has 0 aromatic heterocycles. The monoisotopic (exact) mass is 230 g/mol. The number of allylic oxidation sites excluding steroid dienone is 1. The summed E-state index contributed by atoms with van der Waals surface area (Å²) >= 11 is 1.70. The fraction of sp³-hybridized carbons (Fsp3) is 0.308. The molecule has 0 saturated carbocycles. The van der Waals surface area contributed by atoms with Crippen molar-refractivity contribution in [3.8, 4) is 6.07 Å². The highest BCUT2D eigenvalue weighted by Crippen LogP contribution is 2.49. The first-order chi connectivity index (χ1) is 7.56. The summed E-state index contributed by atoms with van der Waals surface area (Å²) in [4.78, 5) is 3.41. The van der Waals surface area contributed by atoms with Crippen LogP contribution in [0.2, 0.25) is 0 Å². The SMILES string of the molecule is C/C(C#N)=C1\Sc2c(C)ccc(C)c2N1C. The van der Waals surface area contributed by atoms with Crippen LogP contribution < -0.4 is 4.90 Å². The number of rotatable bonds is 0. The van der Waals surface area contributed by atoms with Gasteiger partial charge in [-0.25, -0.2) is 0 Å². The average Bonchev–Trinajstić information content (AvgIpc) is 2.62. The van der Waals surface area contributed by atoms with Crippen LogP contribution in [0.3, 0.4) is 0 Å². The minimum Gasteiger partial charge on any atom is -0.337 e. The molecule has 1 aliphatic rings. The van der Waals surface area contributed by atoms with Crippen LogP contribution in [0.4, 0.5) is 5.69 Å². The molecule has 1 aromatic rings. The number of thioether (sulfide) groups is 1. The van der Waals surface area contributed by atoms with Gasteiger partial charge in [0.05, 0.1) is 22.4 Å². The first-order valence-corrected chi connectivity index (χ1v) is 6.00. The lowest BCUT2D eigenvalue weighted by molar-refractivity contribution is 1.12. The zero-order valence-corrected chi connectivity index (χ0v) is 10.8. The molecule has 0 amide bonds. The Balaban J connectivity index is 2.64. The van der Waals surface area contributed by atoms with Gasteiger partial charge in [-0.2, -0.15) is 5.26 Å². The van der Waals surface area contributed by atoms with Gasteiger partial charge in [-0.05, 0) is 31.9 Å². The van der Waals surface area contributed by atoms with Crippen molar-refractivity contribution in [1.29, 1.82) is 5.26 Å². The maximum atomic E-state index is 8.98. The summed E-state index contributed by atoms with van der Waals surface area (Å²) in [7, 11) is 2.03. The Morgan fingerprint density at radius 2 is 1.94 bits per heavy atom. The molecule has 2 nitrogen and oxygen atoms in total. The molecular formula is C13H14N2S. The smallest absolute Gasteiger partial charge is 0.0971 e. The van der Waals surface area contributed by atoms with Gasteiger partial charge in [0.2, 0.25) is 0 Å². The van der Waals surface area contributed by atoms with E-state index in [0.717, 1.165) is 10.6 Å². The van der Waals surface area contributed by atoms with Gasteiger partial charge in [0.15, 0.2) is 0 Å². The highest BCUT2D eigenvalue weighted by Gasteiger charge is 2.26. The van der Waals surface area contributed by atoms with Crippen molar-refractivity contribution in [3.63, 3.8) is 0 Å². The van der Waals surface area contributed by atoms with Crippen molar-refractivity contribution in [2.45, 2.75) is 25.7 Å². The summed E-state index contributed by atoms with van der Waals surface area (Å²) < 4.78 is 0.